The van der Waals surface area contributed by atoms with Gasteiger partial charge in [0.25, 0.3) is 0 Å². The Morgan fingerprint density at radius 2 is 1.50 bits per heavy atom. The van der Waals surface area contributed by atoms with Crippen LogP contribution in [0.15, 0.2) is 0 Å². The van der Waals surface area contributed by atoms with Crippen molar-refractivity contribution < 1.29 is 14.3 Å². The molecule has 1 heterocycles. The standard InChI is InChI=1S/C23H46N2O3/c1-20(2,16-22(5,6)27-9)13-15-25-14-11-12-18(25)19(26)24-21(3,4)17-23(7,8)28-10/h18H,11-17H2,1-10H3,(H,24,26). The van der Waals surface area contributed by atoms with Crippen molar-refractivity contribution in [3.8, 4) is 0 Å². The van der Waals surface area contributed by atoms with Gasteiger partial charge in [-0.2, -0.15) is 0 Å². The van der Waals surface area contributed by atoms with Crippen molar-refractivity contribution in [3.05, 3.63) is 0 Å². The van der Waals surface area contributed by atoms with E-state index in [4.69, 9.17) is 9.47 Å². The maximum Gasteiger partial charge on any atom is 0.237 e. The molecule has 1 N–H and O–H groups in total. The molecule has 1 fully saturated rings. The van der Waals surface area contributed by atoms with E-state index in [-0.39, 0.29) is 34.1 Å². The molecule has 1 atom stereocenters. The van der Waals surface area contributed by atoms with E-state index in [1.165, 1.54) is 0 Å². The molecule has 0 aromatic carbocycles. The third-order valence-electron chi connectivity index (χ3n) is 6.08. The van der Waals surface area contributed by atoms with Crippen LogP contribution < -0.4 is 5.32 Å². The predicted octanol–water partition coefficient (Wildman–Crippen LogP) is 4.39. The van der Waals surface area contributed by atoms with Crippen molar-refractivity contribution in [2.24, 2.45) is 5.41 Å². The molecule has 5 heteroatoms. The van der Waals surface area contributed by atoms with Gasteiger partial charge in [-0.05, 0) is 92.2 Å². The molecule has 0 radical (unpaired) electrons. The zero-order valence-electron chi connectivity index (χ0n) is 20.2. The number of nitrogens with zero attached hydrogens (tertiary/aromatic N) is 1. The summed E-state index contributed by atoms with van der Waals surface area (Å²) in [6, 6.07) is -0.0174. The Bertz CT molecular complexity index is 512. The number of likely N-dealkylation sites (tertiary alicyclic amines) is 1. The number of carbonyl (C=O) groups is 1. The first-order chi connectivity index (χ1) is 12.6. The summed E-state index contributed by atoms with van der Waals surface area (Å²) in [5.74, 6) is 0.157. The Hall–Kier alpha value is -0.650. The monoisotopic (exact) mass is 398 g/mol. The minimum atomic E-state index is -0.299. The lowest BCUT2D eigenvalue weighted by atomic mass is 9.79. The molecule has 0 aromatic rings. The van der Waals surface area contributed by atoms with E-state index < -0.39 is 0 Å². The topological polar surface area (TPSA) is 50.8 Å². The van der Waals surface area contributed by atoms with E-state index in [2.05, 4.69) is 65.6 Å². The number of ether oxygens (including phenoxy) is 2. The maximum atomic E-state index is 13.0. The molecule has 0 saturated carbocycles. The lowest BCUT2D eigenvalue weighted by Gasteiger charge is -2.37. The van der Waals surface area contributed by atoms with Crippen LogP contribution in [0.5, 0.6) is 0 Å². The first-order valence-corrected chi connectivity index (χ1v) is 10.8. The van der Waals surface area contributed by atoms with Gasteiger partial charge in [0.15, 0.2) is 0 Å². The predicted molar refractivity (Wildman–Crippen MR) is 117 cm³/mol. The molecule has 1 saturated heterocycles. The summed E-state index contributed by atoms with van der Waals surface area (Å²) in [6.07, 6.45) is 4.86. The van der Waals surface area contributed by atoms with Gasteiger partial charge in [0.1, 0.15) is 0 Å². The fourth-order valence-corrected chi connectivity index (χ4v) is 4.75. The van der Waals surface area contributed by atoms with E-state index in [1.54, 1.807) is 14.2 Å². The van der Waals surface area contributed by atoms with E-state index in [9.17, 15) is 4.79 Å². The van der Waals surface area contributed by atoms with Gasteiger partial charge in [0.05, 0.1) is 17.2 Å². The Morgan fingerprint density at radius 1 is 0.964 bits per heavy atom. The number of amides is 1. The van der Waals surface area contributed by atoms with Crippen molar-refractivity contribution in [1.29, 1.82) is 0 Å². The van der Waals surface area contributed by atoms with Crippen molar-refractivity contribution in [1.82, 2.24) is 10.2 Å². The lowest BCUT2D eigenvalue weighted by Crippen LogP contribution is -2.54. The largest absolute Gasteiger partial charge is 0.379 e. The number of nitrogens with one attached hydrogen (secondary N) is 1. The minimum Gasteiger partial charge on any atom is -0.379 e. The van der Waals surface area contributed by atoms with E-state index in [1.807, 2.05) is 0 Å². The van der Waals surface area contributed by atoms with Gasteiger partial charge in [-0.25, -0.2) is 0 Å². The van der Waals surface area contributed by atoms with E-state index in [0.29, 0.717) is 0 Å². The zero-order chi connectivity index (χ0) is 21.8. The number of hydrogen-bond acceptors (Lipinski definition) is 4. The Balaban J connectivity index is 2.65. The summed E-state index contributed by atoms with van der Waals surface area (Å²) < 4.78 is 11.2. The molecule has 0 aromatic heterocycles. The minimum absolute atomic E-state index is 0.0174. The van der Waals surface area contributed by atoms with E-state index >= 15 is 0 Å². The average molecular weight is 399 g/mol. The molecule has 1 amide bonds. The average Bonchev–Trinajstić information content (AvgIpc) is 2.99. The maximum absolute atomic E-state index is 13.0. The van der Waals surface area contributed by atoms with Crippen LogP contribution in [0.3, 0.4) is 0 Å². The molecular weight excluding hydrogens is 352 g/mol. The summed E-state index contributed by atoms with van der Waals surface area (Å²) in [6.45, 7) is 19.1. The molecule has 166 valence electrons. The molecule has 0 spiro atoms. The molecule has 1 aliphatic heterocycles. The fourth-order valence-electron chi connectivity index (χ4n) is 4.75. The van der Waals surface area contributed by atoms with Gasteiger partial charge >= 0.3 is 0 Å². The number of methoxy groups -OCH3 is 2. The second kappa shape index (κ2) is 9.44. The van der Waals surface area contributed by atoms with Gasteiger partial charge in [0, 0.05) is 19.8 Å². The van der Waals surface area contributed by atoms with Crippen LogP contribution in [0.1, 0.15) is 87.5 Å². The van der Waals surface area contributed by atoms with Crippen LogP contribution in [-0.2, 0) is 14.3 Å². The summed E-state index contributed by atoms with van der Waals surface area (Å²) in [5.41, 5.74) is -0.509. The SMILES string of the molecule is COC(C)(C)CC(C)(C)CCN1CCCC1C(=O)NC(C)(C)CC(C)(C)OC. The summed E-state index contributed by atoms with van der Waals surface area (Å²) >= 11 is 0. The smallest absolute Gasteiger partial charge is 0.237 e. The van der Waals surface area contributed by atoms with Gasteiger partial charge in [-0.3, -0.25) is 9.69 Å². The van der Waals surface area contributed by atoms with Crippen LogP contribution in [0.25, 0.3) is 0 Å². The highest BCUT2D eigenvalue weighted by atomic mass is 16.5. The molecule has 0 bridgehead atoms. The van der Waals surface area contributed by atoms with Crippen LogP contribution >= 0.6 is 0 Å². The summed E-state index contributed by atoms with van der Waals surface area (Å²) in [4.78, 5) is 15.4. The van der Waals surface area contributed by atoms with Crippen molar-refractivity contribution in [2.45, 2.75) is 110 Å². The quantitative estimate of drug-likeness (QED) is 0.561. The zero-order valence-corrected chi connectivity index (χ0v) is 20.2. The first kappa shape index (κ1) is 25.4. The number of carbonyl (C=O) groups excluding carboxylic acids is 1. The Labute approximate surface area is 173 Å². The molecule has 0 aliphatic carbocycles. The van der Waals surface area contributed by atoms with Crippen LogP contribution in [0, 0.1) is 5.41 Å². The summed E-state index contributed by atoms with van der Waals surface area (Å²) in [7, 11) is 3.51. The fraction of sp³-hybridized carbons (Fsp3) is 0.957. The van der Waals surface area contributed by atoms with Gasteiger partial charge in [-0.1, -0.05) is 13.8 Å². The molecule has 28 heavy (non-hydrogen) atoms. The Kier molecular flexibility index (Phi) is 8.56. The third kappa shape index (κ3) is 8.38. The third-order valence-corrected chi connectivity index (χ3v) is 6.08. The highest BCUT2D eigenvalue weighted by Crippen LogP contribution is 2.34. The normalized spacial score (nSPS) is 19.9. The van der Waals surface area contributed by atoms with Crippen LogP contribution in [0.4, 0.5) is 0 Å². The van der Waals surface area contributed by atoms with Crippen molar-refractivity contribution in [3.63, 3.8) is 0 Å². The molecule has 1 aliphatic rings. The van der Waals surface area contributed by atoms with Gasteiger partial charge < -0.3 is 14.8 Å². The second-order valence-corrected chi connectivity index (χ2v) is 11.3. The summed E-state index contributed by atoms with van der Waals surface area (Å²) in [5, 5.41) is 3.28. The van der Waals surface area contributed by atoms with Crippen LogP contribution in [-0.4, -0.2) is 60.9 Å². The van der Waals surface area contributed by atoms with E-state index in [0.717, 1.165) is 45.2 Å². The highest BCUT2D eigenvalue weighted by molar-refractivity contribution is 5.82. The number of rotatable bonds is 11. The molecule has 1 unspecified atom stereocenters. The second-order valence-electron chi connectivity index (χ2n) is 11.3. The molecular formula is C23H46N2O3. The van der Waals surface area contributed by atoms with Crippen molar-refractivity contribution in [2.75, 3.05) is 27.3 Å². The van der Waals surface area contributed by atoms with Crippen molar-refractivity contribution >= 4 is 5.91 Å². The number of hydrogen-bond donors (Lipinski definition) is 1. The van der Waals surface area contributed by atoms with Gasteiger partial charge in [0.2, 0.25) is 5.91 Å². The molecule has 5 nitrogen and oxygen atoms in total. The van der Waals surface area contributed by atoms with Crippen LogP contribution in [0.2, 0.25) is 0 Å². The lowest BCUT2D eigenvalue weighted by molar-refractivity contribution is -0.128. The first-order valence-electron chi connectivity index (χ1n) is 10.8. The van der Waals surface area contributed by atoms with Gasteiger partial charge in [-0.15, -0.1) is 0 Å². The molecule has 1 rings (SSSR count). The highest BCUT2D eigenvalue weighted by Gasteiger charge is 2.37. The Morgan fingerprint density at radius 3 is 2.04 bits per heavy atom.